The van der Waals surface area contributed by atoms with Gasteiger partial charge in [0.25, 0.3) is 5.91 Å². The molecule has 0 aromatic carbocycles. The average molecular weight is 395 g/mol. The molecule has 3 amide bonds. The van der Waals surface area contributed by atoms with Gasteiger partial charge in [-0.1, -0.05) is 6.92 Å². The van der Waals surface area contributed by atoms with Crippen LogP contribution < -0.4 is 10.6 Å². The van der Waals surface area contributed by atoms with Crippen LogP contribution in [0.2, 0.25) is 0 Å². The number of carbonyl (C=O) groups excluding carboxylic acids is 2. The summed E-state index contributed by atoms with van der Waals surface area (Å²) in [6, 6.07) is -0.309. The number of urea groups is 1. The van der Waals surface area contributed by atoms with Gasteiger partial charge in [0.05, 0.1) is 17.2 Å². The molecule has 1 saturated heterocycles. The van der Waals surface area contributed by atoms with Gasteiger partial charge in [0.1, 0.15) is 5.54 Å². The van der Waals surface area contributed by atoms with E-state index in [0.29, 0.717) is 32.5 Å². The minimum Gasteiger partial charge on any atom is -0.357 e. The number of aryl methyl sites for hydroxylation is 1. The maximum atomic E-state index is 12.4. The molecule has 0 saturated carbocycles. The van der Waals surface area contributed by atoms with Gasteiger partial charge in [0.2, 0.25) is 0 Å². The molecule has 2 N–H and O–H groups in total. The van der Waals surface area contributed by atoms with Gasteiger partial charge in [-0.2, -0.15) is 0 Å². The van der Waals surface area contributed by atoms with Gasteiger partial charge in [0.15, 0.2) is 5.96 Å². The molecule has 0 bridgehead atoms. The molecule has 0 aliphatic carbocycles. The van der Waals surface area contributed by atoms with Crippen molar-refractivity contribution in [2.75, 3.05) is 26.7 Å². The number of hydrogen-bond acceptors (Lipinski definition) is 5. The highest BCUT2D eigenvalue weighted by Crippen LogP contribution is 2.20. The van der Waals surface area contributed by atoms with Crippen molar-refractivity contribution in [2.45, 2.75) is 52.6 Å². The van der Waals surface area contributed by atoms with Crippen LogP contribution in [0.1, 0.15) is 44.3 Å². The van der Waals surface area contributed by atoms with Crippen molar-refractivity contribution >= 4 is 29.2 Å². The Morgan fingerprint density at radius 3 is 2.74 bits per heavy atom. The van der Waals surface area contributed by atoms with Gasteiger partial charge >= 0.3 is 6.03 Å². The van der Waals surface area contributed by atoms with Crippen molar-refractivity contribution in [3.8, 4) is 0 Å². The maximum Gasteiger partial charge on any atom is 0.325 e. The SMILES string of the molecule is CCNC(=NCCCN1C(=O)NC(C)(CC)C1=O)N(C)Cc1csc(C)n1. The number of amides is 3. The van der Waals surface area contributed by atoms with E-state index >= 15 is 0 Å². The topological polar surface area (TPSA) is 89.9 Å². The fourth-order valence-corrected chi connectivity index (χ4v) is 3.48. The summed E-state index contributed by atoms with van der Waals surface area (Å²) in [6.07, 6.45) is 1.20. The van der Waals surface area contributed by atoms with E-state index in [9.17, 15) is 9.59 Å². The third-order valence-corrected chi connectivity index (χ3v) is 5.44. The number of hydrogen-bond donors (Lipinski definition) is 2. The highest BCUT2D eigenvalue weighted by atomic mass is 32.1. The standard InChI is InChI=1S/C18H30N6O2S/c1-6-18(4)15(25)24(17(26)22-18)10-8-9-20-16(19-7-2)23(5)11-14-12-27-13(3)21-14/h12H,6-11H2,1-5H3,(H,19,20)(H,22,26). The first-order chi connectivity index (χ1) is 12.8. The van der Waals surface area contributed by atoms with Crippen LogP contribution in [0.15, 0.2) is 10.4 Å². The molecular weight excluding hydrogens is 364 g/mol. The van der Waals surface area contributed by atoms with E-state index in [1.54, 1.807) is 18.3 Å². The molecular formula is C18H30N6O2S. The molecule has 1 fully saturated rings. The number of rotatable bonds is 8. The number of imide groups is 1. The summed E-state index contributed by atoms with van der Waals surface area (Å²) in [4.78, 5) is 36.9. The number of guanidine groups is 1. The molecule has 1 atom stereocenters. The smallest absolute Gasteiger partial charge is 0.325 e. The fraction of sp³-hybridized carbons (Fsp3) is 0.667. The zero-order valence-electron chi connectivity index (χ0n) is 16.8. The lowest BCUT2D eigenvalue weighted by molar-refractivity contribution is -0.130. The predicted molar refractivity (Wildman–Crippen MR) is 108 cm³/mol. The summed E-state index contributed by atoms with van der Waals surface area (Å²) in [5.74, 6) is 0.639. The van der Waals surface area contributed by atoms with Crippen molar-refractivity contribution in [1.82, 2.24) is 25.4 Å². The van der Waals surface area contributed by atoms with E-state index in [1.165, 1.54) is 4.90 Å². The van der Waals surface area contributed by atoms with Crippen LogP contribution in [0.5, 0.6) is 0 Å². The summed E-state index contributed by atoms with van der Waals surface area (Å²) in [5, 5.41) is 9.14. The Balaban J connectivity index is 1.89. The Bertz CT molecular complexity index is 704. The number of thiazole rings is 1. The molecule has 9 heteroatoms. The molecule has 1 aromatic heterocycles. The second kappa shape index (κ2) is 9.16. The molecule has 150 valence electrons. The Morgan fingerprint density at radius 1 is 1.44 bits per heavy atom. The Hall–Kier alpha value is -2.16. The number of aromatic nitrogens is 1. The van der Waals surface area contributed by atoms with Crippen molar-refractivity contribution in [3.05, 3.63) is 16.1 Å². The van der Waals surface area contributed by atoms with Gasteiger partial charge in [-0.05, 0) is 33.6 Å². The van der Waals surface area contributed by atoms with E-state index in [-0.39, 0.29) is 11.9 Å². The number of carbonyl (C=O) groups is 2. The lowest BCUT2D eigenvalue weighted by atomic mass is 9.99. The molecule has 0 spiro atoms. The average Bonchev–Trinajstić information content (AvgIpc) is 3.12. The van der Waals surface area contributed by atoms with Gasteiger partial charge < -0.3 is 15.5 Å². The van der Waals surface area contributed by atoms with Crippen molar-refractivity contribution in [3.63, 3.8) is 0 Å². The van der Waals surface area contributed by atoms with E-state index in [2.05, 4.69) is 26.0 Å². The van der Waals surface area contributed by atoms with E-state index in [1.807, 2.05) is 32.7 Å². The molecule has 1 aliphatic rings. The molecule has 2 heterocycles. The lowest BCUT2D eigenvalue weighted by Gasteiger charge is -2.21. The van der Waals surface area contributed by atoms with Crippen LogP contribution >= 0.6 is 11.3 Å². The zero-order valence-corrected chi connectivity index (χ0v) is 17.7. The number of aliphatic imine (C=N–C) groups is 1. The number of nitrogens with one attached hydrogen (secondary N) is 2. The van der Waals surface area contributed by atoms with E-state index in [0.717, 1.165) is 23.2 Å². The molecule has 1 aliphatic heterocycles. The van der Waals surface area contributed by atoms with Crippen LogP contribution in [0, 0.1) is 6.92 Å². The monoisotopic (exact) mass is 394 g/mol. The second-order valence-electron chi connectivity index (χ2n) is 6.88. The lowest BCUT2D eigenvalue weighted by Crippen LogP contribution is -2.43. The maximum absolute atomic E-state index is 12.4. The minimum atomic E-state index is -0.777. The summed E-state index contributed by atoms with van der Waals surface area (Å²) >= 11 is 1.64. The molecule has 0 radical (unpaired) electrons. The first-order valence-electron chi connectivity index (χ1n) is 9.35. The quantitative estimate of drug-likeness (QED) is 0.304. The molecule has 1 unspecified atom stereocenters. The Labute approximate surface area is 165 Å². The van der Waals surface area contributed by atoms with Gasteiger partial charge in [-0.15, -0.1) is 11.3 Å². The van der Waals surface area contributed by atoms with Crippen molar-refractivity contribution in [2.24, 2.45) is 4.99 Å². The third kappa shape index (κ3) is 5.18. The van der Waals surface area contributed by atoms with Crippen LogP contribution in [0.3, 0.4) is 0 Å². The van der Waals surface area contributed by atoms with Gasteiger partial charge in [-0.25, -0.2) is 9.78 Å². The largest absolute Gasteiger partial charge is 0.357 e. The third-order valence-electron chi connectivity index (χ3n) is 4.62. The van der Waals surface area contributed by atoms with Crippen LogP contribution in [0.4, 0.5) is 4.79 Å². The highest BCUT2D eigenvalue weighted by Gasteiger charge is 2.45. The molecule has 2 rings (SSSR count). The predicted octanol–water partition coefficient (Wildman–Crippen LogP) is 1.96. The highest BCUT2D eigenvalue weighted by molar-refractivity contribution is 7.09. The van der Waals surface area contributed by atoms with Crippen molar-refractivity contribution in [1.29, 1.82) is 0 Å². The zero-order chi connectivity index (χ0) is 20.0. The van der Waals surface area contributed by atoms with Gasteiger partial charge in [-0.3, -0.25) is 14.7 Å². The second-order valence-corrected chi connectivity index (χ2v) is 7.94. The number of nitrogens with zero attached hydrogens (tertiary/aromatic N) is 4. The van der Waals surface area contributed by atoms with Gasteiger partial charge in [0, 0.05) is 32.1 Å². The summed E-state index contributed by atoms with van der Waals surface area (Å²) in [5.41, 5.74) is 0.241. The first-order valence-corrected chi connectivity index (χ1v) is 10.2. The van der Waals surface area contributed by atoms with Crippen LogP contribution in [0.25, 0.3) is 0 Å². The summed E-state index contributed by atoms with van der Waals surface area (Å²) in [6.45, 7) is 10.0. The normalized spacial score (nSPS) is 20.2. The minimum absolute atomic E-state index is 0.151. The molecule has 27 heavy (non-hydrogen) atoms. The first kappa shape index (κ1) is 21.1. The summed E-state index contributed by atoms with van der Waals surface area (Å²) in [7, 11) is 1.97. The summed E-state index contributed by atoms with van der Waals surface area (Å²) < 4.78 is 0. The van der Waals surface area contributed by atoms with Crippen LogP contribution in [-0.4, -0.2) is 64.9 Å². The van der Waals surface area contributed by atoms with Crippen molar-refractivity contribution < 1.29 is 9.59 Å². The fourth-order valence-electron chi connectivity index (χ4n) is 2.87. The molecule has 8 nitrogen and oxygen atoms in total. The van der Waals surface area contributed by atoms with E-state index in [4.69, 9.17) is 0 Å². The molecule has 1 aromatic rings. The Morgan fingerprint density at radius 2 is 2.19 bits per heavy atom. The Kier molecular flexibility index (Phi) is 7.18. The van der Waals surface area contributed by atoms with E-state index < -0.39 is 5.54 Å². The van der Waals surface area contributed by atoms with Crippen LogP contribution in [-0.2, 0) is 11.3 Å².